The van der Waals surface area contributed by atoms with Gasteiger partial charge in [0.05, 0.1) is 6.42 Å². The Labute approximate surface area is 121 Å². The zero-order chi connectivity index (χ0) is 16.2. The second kappa shape index (κ2) is 6.87. The van der Waals surface area contributed by atoms with Crippen molar-refractivity contribution in [1.82, 2.24) is 14.0 Å². The smallest absolute Gasteiger partial charge is 0.331 e. The minimum atomic E-state index is -0.993. The summed E-state index contributed by atoms with van der Waals surface area (Å²) in [5, 5.41) is 8.70. The van der Waals surface area contributed by atoms with Crippen LogP contribution < -0.4 is 11.2 Å². The van der Waals surface area contributed by atoms with Crippen LogP contribution in [0.4, 0.5) is 0 Å². The Morgan fingerprint density at radius 2 is 1.95 bits per heavy atom. The lowest BCUT2D eigenvalue weighted by atomic mass is 10.2. The highest BCUT2D eigenvalue weighted by Gasteiger charge is 2.19. The molecule has 0 saturated carbocycles. The van der Waals surface area contributed by atoms with Gasteiger partial charge in [0.1, 0.15) is 6.54 Å². The first-order valence-corrected chi connectivity index (χ1v) is 6.51. The molecular weight excluding hydrogens is 278 g/mol. The van der Waals surface area contributed by atoms with Crippen LogP contribution in [-0.2, 0) is 23.2 Å². The number of aliphatic carboxylic acids is 1. The third-order valence-corrected chi connectivity index (χ3v) is 3.08. The molecule has 1 aromatic rings. The summed E-state index contributed by atoms with van der Waals surface area (Å²) in [4.78, 5) is 47.3. The van der Waals surface area contributed by atoms with Gasteiger partial charge in [-0.05, 0) is 13.8 Å². The van der Waals surface area contributed by atoms with Crippen molar-refractivity contribution in [2.75, 3.05) is 6.54 Å². The molecule has 0 bridgehead atoms. The standard InChI is InChI=1S/C13H19N3O5/c1-9(2)16(7-5-12(19)20)11(18)8-15-6-4-10(17)14(3)13(15)21/h4,6,9H,5,7-8H2,1-3H3,(H,19,20). The van der Waals surface area contributed by atoms with Gasteiger partial charge in [-0.3, -0.25) is 23.5 Å². The van der Waals surface area contributed by atoms with Gasteiger partial charge in [-0.1, -0.05) is 0 Å². The summed E-state index contributed by atoms with van der Waals surface area (Å²) in [5.74, 6) is -1.36. The first kappa shape index (κ1) is 16.7. The maximum absolute atomic E-state index is 12.2. The average molecular weight is 297 g/mol. The average Bonchev–Trinajstić information content (AvgIpc) is 2.39. The monoisotopic (exact) mass is 297 g/mol. The van der Waals surface area contributed by atoms with Crippen LogP contribution in [0.3, 0.4) is 0 Å². The number of carbonyl (C=O) groups is 2. The molecule has 0 fully saturated rings. The molecule has 0 spiro atoms. The molecule has 0 aliphatic rings. The largest absolute Gasteiger partial charge is 0.481 e. The van der Waals surface area contributed by atoms with Crippen LogP contribution in [0.25, 0.3) is 0 Å². The number of hydrogen-bond donors (Lipinski definition) is 1. The normalized spacial score (nSPS) is 10.7. The minimum Gasteiger partial charge on any atom is -0.481 e. The van der Waals surface area contributed by atoms with E-state index in [0.717, 1.165) is 9.13 Å². The lowest BCUT2D eigenvalue weighted by molar-refractivity contribution is -0.139. The number of nitrogens with zero attached hydrogens (tertiary/aromatic N) is 3. The molecule has 0 unspecified atom stereocenters. The molecule has 0 aromatic carbocycles. The van der Waals surface area contributed by atoms with Crippen LogP contribution >= 0.6 is 0 Å². The van der Waals surface area contributed by atoms with Gasteiger partial charge in [-0.15, -0.1) is 0 Å². The number of rotatable bonds is 6. The number of aromatic nitrogens is 2. The van der Waals surface area contributed by atoms with Gasteiger partial charge < -0.3 is 10.0 Å². The van der Waals surface area contributed by atoms with Crippen LogP contribution in [0.1, 0.15) is 20.3 Å². The van der Waals surface area contributed by atoms with Crippen LogP contribution in [0.5, 0.6) is 0 Å². The van der Waals surface area contributed by atoms with E-state index in [-0.39, 0.29) is 31.5 Å². The Kier molecular flexibility index (Phi) is 5.45. The zero-order valence-corrected chi connectivity index (χ0v) is 12.3. The van der Waals surface area contributed by atoms with Gasteiger partial charge in [0.2, 0.25) is 5.91 Å². The molecule has 1 aromatic heterocycles. The van der Waals surface area contributed by atoms with E-state index in [0.29, 0.717) is 0 Å². The molecule has 8 nitrogen and oxygen atoms in total. The predicted molar refractivity (Wildman–Crippen MR) is 75.0 cm³/mol. The van der Waals surface area contributed by atoms with E-state index in [1.807, 2.05) is 0 Å². The number of carbonyl (C=O) groups excluding carboxylic acids is 1. The summed E-state index contributed by atoms with van der Waals surface area (Å²) >= 11 is 0. The van der Waals surface area contributed by atoms with Crippen LogP contribution in [0, 0.1) is 0 Å². The van der Waals surface area contributed by atoms with Gasteiger partial charge in [0, 0.05) is 31.9 Å². The first-order valence-electron chi connectivity index (χ1n) is 6.51. The Hall–Kier alpha value is -2.38. The van der Waals surface area contributed by atoms with Crippen molar-refractivity contribution in [2.45, 2.75) is 32.9 Å². The maximum atomic E-state index is 12.2. The molecule has 1 N–H and O–H groups in total. The summed E-state index contributed by atoms with van der Waals surface area (Å²) in [6.07, 6.45) is 1.10. The van der Waals surface area contributed by atoms with Gasteiger partial charge in [-0.25, -0.2) is 4.79 Å². The second-order valence-electron chi connectivity index (χ2n) is 4.95. The van der Waals surface area contributed by atoms with E-state index in [1.54, 1.807) is 13.8 Å². The lowest BCUT2D eigenvalue weighted by Gasteiger charge is -2.26. The van der Waals surface area contributed by atoms with Crippen molar-refractivity contribution in [1.29, 1.82) is 0 Å². The molecule has 0 radical (unpaired) electrons. The minimum absolute atomic E-state index is 0.0757. The van der Waals surface area contributed by atoms with E-state index >= 15 is 0 Å². The molecule has 0 atom stereocenters. The Morgan fingerprint density at radius 3 is 2.48 bits per heavy atom. The molecule has 1 rings (SSSR count). The molecule has 0 saturated heterocycles. The summed E-state index contributed by atoms with van der Waals surface area (Å²) in [5.41, 5.74) is -1.03. The zero-order valence-electron chi connectivity index (χ0n) is 12.3. The third kappa shape index (κ3) is 4.30. The van der Waals surface area contributed by atoms with Crippen LogP contribution in [0.15, 0.2) is 21.9 Å². The van der Waals surface area contributed by atoms with Crippen molar-refractivity contribution in [3.63, 3.8) is 0 Å². The van der Waals surface area contributed by atoms with Crippen molar-refractivity contribution >= 4 is 11.9 Å². The highest BCUT2D eigenvalue weighted by atomic mass is 16.4. The summed E-state index contributed by atoms with van der Waals surface area (Å²) in [6, 6.07) is 1.02. The maximum Gasteiger partial charge on any atom is 0.331 e. The molecule has 1 heterocycles. The van der Waals surface area contributed by atoms with Gasteiger partial charge in [0.15, 0.2) is 0 Å². The highest BCUT2D eigenvalue weighted by molar-refractivity contribution is 5.77. The Bertz CT molecular complexity index is 644. The molecule has 21 heavy (non-hydrogen) atoms. The quantitative estimate of drug-likeness (QED) is 0.745. The van der Waals surface area contributed by atoms with E-state index in [4.69, 9.17) is 5.11 Å². The van der Waals surface area contributed by atoms with E-state index < -0.39 is 17.2 Å². The molecule has 8 heteroatoms. The van der Waals surface area contributed by atoms with Gasteiger partial charge in [-0.2, -0.15) is 0 Å². The fraction of sp³-hybridized carbons (Fsp3) is 0.538. The van der Waals surface area contributed by atoms with E-state index in [2.05, 4.69) is 0 Å². The molecule has 0 aliphatic heterocycles. The Morgan fingerprint density at radius 1 is 1.33 bits per heavy atom. The topological polar surface area (TPSA) is 102 Å². The highest BCUT2D eigenvalue weighted by Crippen LogP contribution is 2.02. The van der Waals surface area contributed by atoms with Crippen molar-refractivity contribution in [2.24, 2.45) is 7.05 Å². The van der Waals surface area contributed by atoms with Crippen LogP contribution in [-0.4, -0.2) is 43.6 Å². The van der Waals surface area contributed by atoms with Crippen molar-refractivity contribution in [3.05, 3.63) is 33.1 Å². The summed E-state index contributed by atoms with van der Waals surface area (Å²) < 4.78 is 2.03. The molecule has 116 valence electrons. The summed E-state index contributed by atoms with van der Waals surface area (Å²) in [7, 11) is 1.33. The van der Waals surface area contributed by atoms with E-state index in [9.17, 15) is 19.2 Å². The van der Waals surface area contributed by atoms with Gasteiger partial charge >= 0.3 is 11.7 Å². The van der Waals surface area contributed by atoms with Crippen molar-refractivity contribution < 1.29 is 14.7 Å². The fourth-order valence-corrected chi connectivity index (χ4v) is 1.86. The van der Waals surface area contributed by atoms with Crippen molar-refractivity contribution in [3.8, 4) is 0 Å². The second-order valence-corrected chi connectivity index (χ2v) is 4.95. The number of hydrogen-bond acceptors (Lipinski definition) is 4. The predicted octanol–water partition coefficient (Wildman–Crippen LogP) is -0.741. The Balaban J connectivity index is 2.92. The molecular formula is C13H19N3O5. The SMILES string of the molecule is CC(C)N(CCC(=O)O)C(=O)Cn1ccc(=O)n(C)c1=O. The van der Waals surface area contributed by atoms with Crippen LogP contribution in [0.2, 0.25) is 0 Å². The first-order chi connectivity index (χ1) is 9.73. The number of carboxylic acid groups (broad SMARTS) is 1. The molecule has 0 aliphatic carbocycles. The molecule has 1 amide bonds. The summed E-state index contributed by atoms with van der Waals surface area (Å²) in [6.45, 7) is 3.38. The van der Waals surface area contributed by atoms with Gasteiger partial charge in [0.25, 0.3) is 5.56 Å². The third-order valence-electron chi connectivity index (χ3n) is 3.08. The lowest BCUT2D eigenvalue weighted by Crippen LogP contribution is -2.44. The fourth-order valence-electron chi connectivity index (χ4n) is 1.86. The number of amides is 1. The number of carboxylic acids is 1. The van der Waals surface area contributed by atoms with E-state index in [1.165, 1.54) is 24.2 Å².